The summed E-state index contributed by atoms with van der Waals surface area (Å²) >= 11 is 3.51. The van der Waals surface area contributed by atoms with Crippen molar-refractivity contribution in [3.63, 3.8) is 0 Å². The maximum Gasteiger partial charge on any atom is 0.241 e. The Hall–Kier alpha value is -2.01. The van der Waals surface area contributed by atoms with Gasteiger partial charge in [-0.2, -0.15) is 0 Å². The number of primary amides is 1. The largest absolute Gasteiger partial charge is 0.366 e. The number of aromatic nitrogens is 2. The van der Waals surface area contributed by atoms with Crippen LogP contribution in [0.25, 0.3) is 17.2 Å². The molecule has 1 heterocycles. The summed E-state index contributed by atoms with van der Waals surface area (Å²) in [4.78, 5) is 18.7. The maximum atomic E-state index is 10.7. The quantitative estimate of drug-likeness (QED) is 0.885. The standard InChI is InChI=1S/C13H10BrN3O/c14-13-9(4-5-12(15)18)2-1-3-11(13)10-6-16-8-17-7-10/h1-8H,(H2,15,18)/b5-4+. The molecule has 0 atom stereocenters. The molecular formula is C13H10BrN3O. The van der Waals surface area contributed by atoms with Crippen LogP contribution in [0.3, 0.4) is 0 Å². The highest BCUT2D eigenvalue weighted by Gasteiger charge is 2.06. The lowest BCUT2D eigenvalue weighted by molar-refractivity contribution is -0.113. The van der Waals surface area contributed by atoms with Gasteiger partial charge < -0.3 is 5.73 Å². The van der Waals surface area contributed by atoms with E-state index in [1.54, 1.807) is 18.5 Å². The first-order valence-corrected chi connectivity index (χ1v) is 5.99. The van der Waals surface area contributed by atoms with Gasteiger partial charge in [-0.25, -0.2) is 9.97 Å². The number of carbonyl (C=O) groups is 1. The molecule has 0 aliphatic carbocycles. The van der Waals surface area contributed by atoms with Gasteiger partial charge in [-0.3, -0.25) is 4.79 Å². The molecule has 0 radical (unpaired) electrons. The van der Waals surface area contributed by atoms with E-state index < -0.39 is 5.91 Å². The van der Waals surface area contributed by atoms with Gasteiger partial charge in [0.2, 0.25) is 5.91 Å². The Morgan fingerprint density at radius 1 is 1.28 bits per heavy atom. The van der Waals surface area contributed by atoms with Crippen LogP contribution < -0.4 is 5.73 Å². The average molecular weight is 304 g/mol. The van der Waals surface area contributed by atoms with E-state index in [1.807, 2.05) is 18.2 Å². The summed E-state index contributed by atoms with van der Waals surface area (Å²) in [5.74, 6) is -0.477. The van der Waals surface area contributed by atoms with E-state index in [0.717, 1.165) is 21.2 Å². The topological polar surface area (TPSA) is 68.9 Å². The van der Waals surface area contributed by atoms with E-state index in [2.05, 4.69) is 25.9 Å². The second-order valence-electron chi connectivity index (χ2n) is 3.57. The van der Waals surface area contributed by atoms with Crippen molar-refractivity contribution in [2.45, 2.75) is 0 Å². The molecule has 2 aromatic rings. The fraction of sp³-hybridized carbons (Fsp3) is 0. The molecule has 90 valence electrons. The van der Waals surface area contributed by atoms with Crippen molar-refractivity contribution >= 4 is 27.9 Å². The summed E-state index contributed by atoms with van der Waals surface area (Å²) in [6, 6.07) is 5.73. The average Bonchev–Trinajstić information content (AvgIpc) is 2.38. The zero-order chi connectivity index (χ0) is 13.0. The fourth-order valence-corrected chi connectivity index (χ4v) is 2.14. The first kappa shape index (κ1) is 12.4. The first-order chi connectivity index (χ1) is 8.68. The first-order valence-electron chi connectivity index (χ1n) is 5.20. The molecule has 1 aromatic heterocycles. The summed E-state index contributed by atoms with van der Waals surface area (Å²) in [7, 11) is 0. The monoisotopic (exact) mass is 303 g/mol. The molecule has 0 saturated heterocycles. The van der Waals surface area contributed by atoms with E-state index >= 15 is 0 Å². The Morgan fingerprint density at radius 2 is 2.00 bits per heavy atom. The van der Waals surface area contributed by atoms with Gasteiger partial charge in [0.1, 0.15) is 6.33 Å². The zero-order valence-corrected chi connectivity index (χ0v) is 11.0. The molecule has 0 fully saturated rings. The smallest absolute Gasteiger partial charge is 0.241 e. The Balaban J connectivity index is 2.46. The molecule has 1 amide bonds. The molecule has 0 bridgehead atoms. The molecular weight excluding hydrogens is 294 g/mol. The van der Waals surface area contributed by atoms with Gasteiger partial charge in [0, 0.05) is 28.5 Å². The number of nitrogens with two attached hydrogens (primary N) is 1. The molecule has 0 aliphatic heterocycles. The summed E-state index contributed by atoms with van der Waals surface area (Å²) < 4.78 is 0.872. The normalized spacial score (nSPS) is 10.7. The molecule has 4 nitrogen and oxygen atoms in total. The van der Waals surface area contributed by atoms with Gasteiger partial charge in [-0.1, -0.05) is 18.2 Å². The molecule has 2 rings (SSSR count). The van der Waals surface area contributed by atoms with Crippen molar-refractivity contribution in [2.24, 2.45) is 5.73 Å². The van der Waals surface area contributed by atoms with Crippen molar-refractivity contribution < 1.29 is 4.79 Å². The van der Waals surface area contributed by atoms with Gasteiger partial charge in [0.05, 0.1) is 0 Å². The second-order valence-corrected chi connectivity index (χ2v) is 4.36. The Morgan fingerprint density at radius 3 is 2.67 bits per heavy atom. The van der Waals surface area contributed by atoms with Crippen LogP contribution in [0.15, 0.2) is 47.5 Å². The van der Waals surface area contributed by atoms with Crippen LogP contribution in [0, 0.1) is 0 Å². The van der Waals surface area contributed by atoms with Crippen LogP contribution in [0.5, 0.6) is 0 Å². The zero-order valence-electron chi connectivity index (χ0n) is 9.38. The SMILES string of the molecule is NC(=O)/C=C/c1cccc(-c2cncnc2)c1Br. The molecule has 0 saturated carbocycles. The number of hydrogen-bond donors (Lipinski definition) is 1. The summed E-state index contributed by atoms with van der Waals surface area (Å²) in [6.45, 7) is 0. The van der Waals surface area contributed by atoms with Crippen LogP contribution in [-0.4, -0.2) is 15.9 Å². The summed E-state index contributed by atoms with van der Waals surface area (Å²) in [5, 5.41) is 0. The number of benzene rings is 1. The third kappa shape index (κ3) is 2.81. The molecule has 2 N–H and O–H groups in total. The van der Waals surface area contributed by atoms with E-state index in [1.165, 1.54) is 12.4 Å². The number of carbonyl (C=O) groups excluding carboxylic acids is 1. The van der Waals surface area contributed by atoms with Crippen molar-refractivity contribution in [2.75, 3.05) is 0 Å². The van der Waals surface area contributed by atoms with Gasteiger partial charge in [-0.15, -0.1) is 0 Å². The molecule has 0 spiro atoms. The molecule has 18 heavy (non-hydrogen) atoms. The van der Waals surface area contributed by atoms with Gasteiger partial charge in [0.25, 0.3) is 0 Å². The molecule has 5 heteroatoms. The Labute approximate surface area is 113 Å². The second kappa shape index (κ2) is 5.55. The van der Waals surface area contributed by atoms with E-state index in [-0.39, 0.29) is 0 Å². The highest BCUT2D eigenvalue weighted by atomic mass is 79.9. The highest BCUT2D eigenvalue weighted by molar-refractivity contribution is 9.10. The van der Waals surface area contributed by atoms with Crippen molar-refractivity contribution in [3.8, 4) is 11.1 Å². The minimum Gasteiger partial charge on any atom is -0.366 e. The van der Waals surface area contributed by atoms with Crippen molar-refractivity contribution in [1.82, 2.24) is 9.97 Å². The maximum absolute atomic E-state index is 10.7. The molecule has 0 unspecified atom stereocenters. The Bertz CT molecular complexity index is 596. The minimum atomic E-state index is -0.477. The van der Waals surface area contributed by atoms with Crippen molar-refractivity contribution in [3.05, 3.63) is 53.0 Å². The van der Waals surface area contributed by atoms with Crippen molar-refractivity contribution in [1.29, 1.82) is 0 Å². The van der Waals surface area contributed by atoms with Gasteiger partial charge in [-0.05, 0) is 33.1 Å². The molecule has 0 aliphatic rings. The summed E-state index contributed by atoms with van der Waals surface area (Å²) in [5.41, 5.74) is 7.81. The lowest BCUT2D eigenvalue weighted by Crippen LogP contribution is -2.05. The predicted molar refractivity (Wildman–Crippen MR) is 73.4 cm³/mol. The van der Waals surface area contributed by atoms with E-state index in [9.17, 15) is 4.79 Å². The van der Waals surface area contributed by atoms with Gasteiger partial charge in [0.15, 0.2) is 0 Å². The lowest BCUT2D eigenvalue weighted by Gasteiger charge is -2.06. The highest BCUT2D eigenvalue weighted by Crippen LogP contribution is 2.30. The lowest BCUT2D eigenvalue weighted by atomic mass is 10.1. The van der Waals surface area contributed by atoms with E-state index in [4.69, 9.17) is 5.73 Å². The number of amides is 1. The number of hydrogen-bond acceptors (Lipinski definition) is 3. The van der Waals surface area contributed by atoms with Crippen LogP contribution >= 0.6 is 15.9 Å². The van der Waals surface area contributed by atoms with E-state index in [0.29, 0.717) is 0 Å². The fourth-order valence-electron chi connectivity index (χ4n) is 1.51. The third-order valence-electron chi connectivity index (χ3n) is 2.33. The minimum absolute atomic E-state index is 0.477. The third-order valence-corrected chi connectivity index (χ3v) is 3.21. The van der Waals surface area contributed by atoms with Crippen LogP contribution in [0.1, 0.15) is 5.56 Å². The number of nitrogens with zero attached hydrogens (tertiary/aromatic N) is 2. The summed E-state index contributed by atoms with van der Waals surface area (Å²) in [6.07, 6.45) is 7.93. The molecule has 1 aromatic carbocycles. The van der Waals surface area contributed by atoms with Crippen LogP contribution in [-0.2, 0) is 4.79 Å². The van der Waals surface area contributed by atoms with Crippen LogP contribution in [0.2, 0.25) is 0 Å². The number of halogens is 1. The number of rotatable bonds is 3. The Kier molecular flexibility index (Phi) is 3.84. The van der Waals surface area contributed by atoms with Gasteiger partial charge >= 0.3 is 0 Å². The predicted octanol–water partition coefficient (Wildman–Crippen LogP) is 2.40. The van der Waals surface area contributed by atoms with Crippen LogP contribution in [0.4, 0.5) is 0 Å².